The Bertz CT molecular complexity index is 616. The van der Waals surface area contributed by atoms with Gasteiger partial charge in [-0.05, 0) is 42.3 Å². The Morgan fingerprint density at radius 2 is 1.95 bits per heavy atom. The van der Waals surface area contributed by atoms with Crippen LogP contribution < -0.4 is 0 Å². The molecule has 0 fully saturated rings. The number of rotatable bonds is 6. The smallest absolute Gasteiger partial charge is 0.303 e. The van der Waals surface area contributed by atoms with Crippen LogP contribution in [0.2, 0.25) is 0 Å². The number of nitrogens with zero attached hydrogens (tertiary/aromatic N) is 4. The summed E-state index contributed by atoms with van der Waals surface area (Å²) < 4.78 is 1.70. The molecule has 1 aromatic heterocycles. The third kappa shape index (κ3) is 3.87. The summed E-state index contributed by atoms with van der Waals surface area (Å²) in [5, 5.41) is 20.8. The van der Waals surface area contributed by atoms with E-state index in [1.54, 1.807) is 4.68 Å². The molecule has 1 aromatic carbocycles. The van der Waals surface area contributed by atoms with E-state index < -0.39 is 5.97 Å². The second-order valence-corrected chi connectivity index (χ2v) is 5.43. The fourth-order valence-corrected chi connectivity index (χ4v) is 2.47. The normalized spacial score (nSPS) is 12.3. The standard InChI is InChI=1S/C15H20N4O2/c1-4-12(8-14(20)21)9-19-15(16-17-18-19)13-6-10(2)5-11(3)7-13/h5-7,12H,4,8-9H2,1-3H3,(H,20,21). The average molecular weight is 288 g/mol. The van der Waals surface area contributed by atoms with Crippen LogP contribution in [-0.2, 0) is 11.3 Å². The molecule has 2 rings (SSSR count). The lowest BCUT2D eigenvalue weighted by Crippen LogP contribution is -2.16. The van der Waals surface area contributed by atoms with Crippen molar-refractivity contribution in [1.82, 2.24) is 20.2 Å². The van der Waals surface area contributed by atoms with Crippen molar-refractivity contribution in [2.75, 3.05) is 0 Å². The number of aryl methyl sites for hydroxylation is 2. The number of carboxylic acid groups (broad SMARTS) is 1. The van der Waals surface area contributed by atoms with Gasteiger partial charge in [-0.3, -0.25) is 4.79 Å². The van der Waals surface area contributed by atoms with Crippen LogP contribution in [0.15, 0.2) is 18.2 Å². The van der Waals surface area contributed by atoms with Crippen LogP contribution in [0.25, 0.3) is 11.4 Å². The monoisotopic (exact) mass is 288 g/mol. The lowest BCUT2D eigenvalue weighted by atomic mass is 10.0. The molecule has 0 aliphatic carbocycles. The van der Waals surface area contributed by atoms with Gasteiger partial charge >= 0.3 is 5.97 Å². The van der Waals surface area contributed by atoms with Gasteiger partial charge in [-0.25, -0.2) is 4.68 Å². The van der Waals surface area contributed by atoms with Crippen LogP contribution in [0.5, 0.6) is 0 Å². The molecule has 2 aromatic rings. The predicted molar refractivity (Wildman–Crippen MR) is 78.8 cm³/mol. The van der Waals surface area contributed by atoms with E-state index in [-0.39, 0.29) is 12.3 Å². The first-order valence-corrected chi connectivity index (χ1v) is 7.06. The van der Waals surface area contributed by atoms with Gasteiger partial charge in [0.25, 0.3) is 0 Å². The zero-order valence-electron chi connectivity index (χ0n) is 12.6. The lowest BCUT2D eigenvalue weighted by Gasteiger charge is -2.13. The molecule has 0 saturated heterocycles. The molecule has 0 amide bonds. The summed E-state index contributed by atoms with van der Waals surface area (Å²) in [6.07, 6.45) is 0.904. The highest BCUT2D eigenvalue weighted by Gasteiger charge is 2.16. The van der Waals surface area contributed by atoms with Crippen LogP contribution in [0.4, 0.5) is 0 Å². The van der Waals surface area contributed by atoms with Gasteiger partial charge < -0.3 is 5.11 Å². The Hall–Kier alpha value is -2.24. The third-order valence-electron chi connectivity index (χ3n) is 3.48. The van der Waals surface area contributed by atoms with Crippen molar-refractivity contribution in [2.24, 2.45) is 5.92 Å². The van der Waals surface area contributed by atoms with Crippen molar-refractivity contribution >= 4 is 5.97 Å². The Kier molecular flexibility index (Phi) is 4.67. The Labute approximate surface area is 123 Å². The SMILES string of the molecule is CCC(CC(=O)O)Cn1nnnc1-c1cc(C)cc(C)c1. The van der Waals surface area contributed by atoms with E-state index in [2.05, 4.69) is 21.6 Å². The maximum absolute atomic E-state index is 10.9. The van der Waals surface area contributed by atoms with Crippen LogP contribution in [-0.4, -0.2) is 31.3 Å². The first kappa shape index (κ1) is 15.2. The minimum absolute atomic E-state index is 0.0238. The topological polar surface area (TPSA) is 80.9 Å². The lowest BCUT2D eigenvalue weighted by molar-refractivity contribution is -0.138. The fraction of sp³-hybridized carbons (Fsp3) is 0.467. The third-order valence-corrected chi connectivity index (χ3v) is 3.48. The molecule has 0 spiro atoms. The van der Waals surface area contributed by atoms with Crippen molar-refractivity contribution in [1.29, 1.82) is 0 Å². The number of aromatic nitrogens is 4. The van der Waals surface area contributed by atoms with Crippen molar-refractivity contribution < 1.29 is 9.90 Å². The summed E-state index contributed by atoms with van der Waals surface area (Å²) in [6, 6.07) is 6.16. The maximum atomic E-state index is 10.9. The molecule has 0 radical (unpaired) electrons. The summed E-state index contributed by atoms with van der Waals surface area (Å²) in [5.41, 5.74) is 3.26. The van der Waals surface area contributed by atoms with Gasteiger partial charge in [0.15, 0.2) is 5.82 Å². The van der Waals surface area contributed by atoms with Gasteiger partial charge in [-0.1, -0.05) is 30.5 Å². The molecule has 1 heterocycles. The minimum Gasteiger partial charge on any atom is -0.481 e. The van der Waals surface area contributed by atoms with Gasteiger partial charge in [-0.15, -0.1) is 5.10 Å². The molecular formula is C15H20N4O2. The van der Waals surface area contributed by atoms with Crippen molar-refractivity contribution in [2.45, 2.75) is 40.2 Å². The van der Waals surface area contributed by atoms with Crippen molar-refractivity contribution in [3.05, 3.63) is 29.3 Å². The molecule has 21 heavy (non-hydrogen) atoms. The van der Waals surface area contributed by atoms with Gasteiger partial charge in [0.2, 0.25) is 0 Å². The fourth-order valence-electron chi connectivity index (χ4n) is 2.47. The summed E-state index contributed by atoms with van der Waals surface area (Å²) in [7, 11) is 0. The zero-order valence-corrected chi connectivity index (χ0v) is 12.6. The van der Waals surface area contributed by atoms with Gasteiger partial charge in [-0.2, -0.15) is 0 Å². The second-order valence-electron chi connectivity index (χ2n) is 5.43. The molecule has 6 nitrogen and oxygen atoms in total. The molecule has 0 aliphatic heterocycles. The van der Waals surface area contributed by atoms with Crippen LogP contribution >= 0.6 is 0 Å². The molecule has 112 valence electrons. The van der Waals surface area contributed by atoms with Gasteiger partial charge in [0.05, 0.1) is 0 Å². The highest BCUT2D eigenvalue weighted by atomic mass is 16.4. The van der Waals surface area contributed by atoms with Gasteiger partial charge in [0, 0.05) is 18.5 Å². The highest BCUT2D eigenvalue weighted by molar-refractivity contribution is 5.67. The Morgan fingerprint density at radius 3 is 2.52 bits per heavy atom. The molecule has 1 atom stereocenters. The van der Waals surface area contributed by atoms with Crippen LogP contribution in [0.3, 0.4) is 0 Å². The Morgan fingerprint density at radius 1 is 1.29 bits per heavy atom. The number of aliphatic carboxylic acids is 1. The molecule has 1 N–H and O–H groups in total. The highest BCUT2D eigenvalue weighted by Crippen LogP contribution is 2.21. The quantitative estimate of drug-likeness (QED) is 0.883. The van der Waals surface area contributed by atoms with E-state index in [1.807, 2.05) is 32.9 Å². The van der Waals surface area contributed by atoms with Gasteiger partial charge in [0.1, 0.15) is 0 Å². The first-order valence-electron chi connectivity index (χ1n) is 7.06. The number of benzene rings is 1. The number of hydrogen-bond donors (Lipinski definition) is 1. The summed E-state index contributed by atoms with van der Waals surface area (Å²) in [4.78, 5) is 10.9. The zero-order chi connectivity index (χ0) is 15.4. The number of tetrazole rings is 1. The molecular weight excluding hydrogens is 268 g/mol. The van der Waals surface area contributed by atoms with E-state index >= 15 is 0 Å². The summed E-state index contributed by atoms with van der Waals surface area (Å²) in [6.45, 7) is 6.56. The number of carbonyl (C=O) groups is 1. The molecule has 0 bridgehead atoms. The van der Waals surface area contributed by atoms with Crippen LogP contribution in [0.1, 0.15) is 30.9 Å². The minimum atomic E-state index is -0.789. The van der Waals surface area contributed by atoms with E-state index in [1.165, 1.54) is 0 Å². The van der Waals surface area contributed by atoms with E-state index in [0.717, 1.165) is 23.1 Å². The Balaban J connectivity index is 2.27. The van der Waals surface area contributed by atoms with E-state index in [0.29, 0.717) is 12.4 Å². The largest absolute Gasteiger partial charge is 0.481 e. The van der Waals surface area contributed by atoms with E-state index in [9.17, 15) is 4.79 Å². The van der Waals surface area contributed by atoms with Crippen molar-refractivity contribution in [3.63, 3.8) is 0 Å². The average Bonchev–Trinajstić information content (AvgIpc) is 2.84. The van der Waals surface area contributed by atoms with Crippen molar-refractivity contribution in [3.8, 4) is 11.4 Å². The molecule has 0 saturated carbocycles. The number of carboxylic acids is 1. The molecule has 1 unspecified atom stereocenters. The summed E-state index contributed by atoms with van der Waals surface area (Å²) in [5.74, 6) is -0.0795. The van der Waals surface area contributed by atoms with Crippen LogP contribution in [0, 0.1) is 19.8 Å². The molecule has 6 heteroatoms. The number of hydrogen-bond acceptors (Lipinski definition) is 4. The summed E-state index contributed by atoms with van der Waals surface area (Å²) >= 11 is 0. The maximum Gasteiger partial charge on any atom is 0.303 e. The predicted octanol–water partition coefficient (Wildman–Crippen LogP) is 2.46. The molecule has 0 aliphatic rings. The first-order chi connectivity index (χ1) is 9.99. The van der Waals surface area contributed by atoms with E-state index in [4.69, 9.17) is 5.11 Å². The second kappa shape index (κ2) is 6.47.